The molecule has 1 aliphatic rings. The molecule has 2 amide bonds. The maximum Gasteiger partial charge on any atom is 0.317 e. The van der Waals surface area contributed by atoms with Crippen molar-refractivity contribution in [2.24, 2.45) is 5.92 Å². The third-order valence-corrected chi connectivity index (χ3v) is 4.84. The Hall–Kier alpha value is -0.950. The molecular weight excluding hydrogens is 280 g/mol. The number of nitrogens with zero attached hydrogens (tertiary/aromatic N) is 1. The summed E-state index contributed by atoms with van der Waals surface area (Å²) < 4.78 is 5.18. The topological polar surface area (TPSA) is 78.9 Å². The van der Waals surface area contributed by atoms with E-state index in [-0.39, 0.29) is 24.0 Å². The molecule has 0 saturated carbocycles. The highest BCUT2D eigenvalue weighted by Crippen LogP contribution is 2.22. The van der Waals surface area contributed by atoms with Crippen LogP contribution in [0.1, 0.15) is 20.8 Å². The van der Waals surface area contributed by atoms with E-state index in [9.17, 15) is 9.59 Å². The number of hydrogen-bond donors (Lipinski definition) is 2. The largest absolute Gasteiger partial charge is 0.481 e. The number of hydrogen-bond acceptors (Lipinski definition) is 4. The fraction of sp³-hybridized carbons (Fsp3) is 0.846. The summed E-state index contributed by atoms with van der Waals surface area (Å²) in [5.74, 6) is -1.56. The predicted octanol–water partition coefficient (Wildman–Crippen LogP) is 1.26. The van der Waals surface area contributed by atoms with Gasteiger partial charge in [-0.1, -0.05) is 0 Å². The number of carbonyl (C=O) groups excluding carboxylic acids is 1. The molecule has 1 fully saturated rings. The average molecular weight is 304 g/mol. The first kappa shape index (κ1) is 17.1. The molecule has 1 saturated heterocycles. The quantitative estimate of drug-likeness (QED) is 0.772. The maximum atomic E-state index is 12.2. The summed E-state index contributed by atoms with van der Waals surface area (Å²) in [5.41, 5.74) is 0. The molecule has 2 unspecified atom stereocenters. The van der Waals surface area contributed by atoms with Crippen LogP contribution in [0.5, 0.6) is 0 Å². The van der Waals surface area contributed by atoms with Crippen LogP contribution in [-0.4, -0.2) is 65.4 Å². The van der Waals surface area contributed by atoms with E-state index < -0.39 is 17.9 Å². The van der Waals surface area contributed by atoms with Gasteiger partial charge in [-0.25, -0.2) is 4.79 Å². The van der Waals surface area contributed by atoms with Gasteiger partial charge in [-0.15, -0.1) is 0 Å². The number of aliphatic carboxylic acids is 1. The molecule has 6 nitrogen and oxygen atoms in total. The van der Waals surface area contributed by atoms with Crippen LogP contribution in [0.25, 0.3) is 0 Å². The van der Waals surface area contributed by atoms with Gasteiger partial charge in [0.15, 0.2) is 0 Å². The van der Waals surface area contributed by atoms with Crippen molar-refractivity contribution in [3.05, 3.63) is 0 Å². The van der Waals surface area contributed by atoms with Crippen LogP contribution in [0.4, 0.5) is 4.79 Å². The molecule has 1 rings (SSSR count). The van der Waals surface area contributed by atoms with Crippen molar-refractivity contribution in [1.82, 2.24) is 10.2 Å². The Labute approximate surface area is 124 Å². The molecule has 0 radical (unpaired) electrons. The standard InChI is InChI=1S/C13H24N2O4S/c1-5-15(10-7-19-6-9(10)11(16)17)12(18)14-8-13(2,3)20-4/h9-10H,5-8H2,1-4H3,(H,14,18)(H,16,17). The second-order valence-electron chi connectivity index (χ2n) is 5.46. The number of carboxylic acids is 1. The van der Waals surface area contributed by atoms with Gasteiger partial charge >= 0.3 is 12.0 Å². The van der Waals surface area contributed by atoms with Gasteiger partial charge in [-0.3, -0.25) is 4.79 Å². The number of urea groups is 1. The van der Waals surface area contributed by atoms with E-state index in [1.165, 1.54) is 0 Å². The molecule has 116 valence electrons. The van der Waals surface area contributed by atoms with Gasteiger partial charge in [-0.05, 0) is 27.0 Å². The summed E-state index contributed by atoms with van der Waals surface area (Å²) in [6, 6.07) is -0.619. The Kier molecular flexibility index (Phi) is 6.13. The summed E-state index contributed by atoms with van der Waals surface area (Å²) in [4.78, 5) is 25.0. The monoisotopic (exact) mass is 304 g/mol. The minimum Gasteiger partial charge on any atom is -0.481 e. The first-order valence-corrected chi connectivity index (χ1v) is 7.95. The third-order valence-electron chi connectivity index (χ3n) is 3.59. The Balaban J connectivity index is 2.65. The molecule has 2 N–H and O–H groups in total. The summed E-state index contributed by atoms with van der Waals surface area (Å²) >= 11 is 1.67. The molecule has 0 aromatic heterocycles. The number of ether oxygens (including phenoxy) is 1. The van der Waals surface area contributed by atoms with E-state index in [0.717, 1.165) is 0 Å². The second-order valence-corrected chi connectivity index (χ2v) is 6.97. The van der Waals surface area contributed by atoms with Crippen LogP contribution in [0, 0.1) is 5.92 Å². The number of carbonyl (C=O) groups is 2. The van der Waals surface area contributed by atoms with Gasteiger partial charge < -0.3 is 20.1 Å². The Morgan fingerprint density at radius 2 is 2.10 bits per heavy atom. The first-order valence-electron chi connectivity index (χ1n) is 6.72. The van der Waals surface area contributed by atoms with Crippen LogP contribution in [0.3, 0.4) is 0 Å². The fourth-order valence-electron chi connectivity index (χ4n) is 2.08. The summed E-state index contributed by atoms with van der Waals surface area (Å²) in [6.45, 7) is 7.39. The Morgan fingerprint density at radius 1 is 1.45 bits per heavy atom. The van der Waals surface area contributed by atoms with E-state index in [1.807, 2.05) is 27.0 Å². The molecule has 7 heteroatoms. The van der Waals surface area contributed by atoms with Gasteiger partial charge in [0.25, 0.3) is 0 Å². The van der Waals surface area contributed by atoms with Crippen LogP contribution in [0.15, 0.2) is 0 Å². The van der Waals surface area contributed by atoms with Crippen LogP contribution in [0.2, 0.25) is 0 Å². The van der Waals surface area contributed by atoms with Crippen molar-refractivity contribution in [2.75, 3.05) is 32.6 Å². The van der Waals surface area contributed by atoms with Gasteiger partial charge in [0, 0.05) is 17.8 Å². The molecule has 20 heavy (non-hydrogen) atoms. The van der Waals surface area contributed by atoms with Crippen molar-refractivity contribution in [2.45, 2.75) is 31.6 Å². The SMILES string of the molecule is CCN(C(=O)NCC(C)(C)SC)C1COCC1C(=O)O. The summed E-state index contributed by atoms with van der Waals surface area (Å²) in [7, 11) is 0. The zero-order valence-corrected chi connectivity index (χ0v) is 13.3. The van der Waals surface area contributed by atoms with Gasteiger partial charge in [0.2, 0.25) is 0 Å². The molecule has 0 aromatic carbocycles. The lowest BCUT2D eigenvalue weighted by Gasteiger charge is -2.31. The Bertz CT molecular complexity index is 362. The van der Waals surface area contributed by atoms with E-state index in [0.29, 0.717) is 13.1 Å². The molecule has 1 aliphatic heterocycles. The average Bonchev–Trinajstić information content (AvgIpc) is 2.87. The lowest BCUT2D eigenvalue weighted by molar-refractivity contribution is -0.142. The number of nitrogens with one attached hydrogen (secondary N) is 1. The van der Waals surface area contributed by atoms with Gasteiger partial charge in [0.1, 0.15) is 5.92 Å². The normalized spacial score (nSPS) is 22.6. The fourth-order valence-corrected chi connectivity index (χ4v) is 2.29. The Morgan fingerprint density at radius 3 is 2.60 bits per heavy atom. The highest BCUT2D eigenvalue weighted by molar-refractivity contribution is 7.99. The first-order chi connectivity index (χ1) is 9.32. The van der Waals surface area contributed by atoms with Crippen LogP contribution < -0.4 is 5.32 Å². The molecule has 0 spiro atoms. The van der Waals surface area contributed by atoms with E-state index in [1.54, 1.807) is 16.7 Å². The van der Waals surface area contributed by atoms with Crippen LogP contribution >= 0.6 is 11.8 Å². The summed E-state index contributed by atoms with van der Waals surface area (Å²) in [5, 5.41) is 12.0. The molecule has 2 atom stereocenters. The van der Waals surface area contributed by atoms with E-state index in [4.69, 9.17) is 9.84 Å². The van der Waals surface area contributed by atoms with Crippen molar-refractivity contribution in [3.63, 3.8) is 0 Å². The molecular formula is C13H24N2O4S. The van der Waals surface area contributed by atoms with E-state index in [2.05, 4.69) is 5.32 Å². The zero-order valence-electron chi connectivity index (χ0n) is 12.5. The number of rotatable bonds is 6. The number of carboxylic acid groups (broad SMARTS) is 1. The highest BCUT2D eigenvalue weighted by atomic mass is 32.2. The third kappa shape index (κ3) is 4.28. The van der Waals surface area contributed by atoms with Crippen molar-refractivity contribution < 1.29 is 19.4 Å². The summed E-state index contributed by atoms with van der Waals surface area (Å²) in [6.07, 6.45) is 2.00. The lowest BCUT2D eigenvalue weighted by Crippen LogP contribution is -2.52. The minimum atomic E-state index is -0.914. The number of likely N-dealkylation sites (N-methyl/N-ethyl adjacent to an activating group) is 1. The highest BCUT2D eigenvalue weighted by Gasteiger charge is 2.39. The predicted molar refractivity (Wildman–Crippen MR) is 79.1 cm³/mol. The van der Waals surface area contributed by atoms with Crippen molar-refractivity contribution in [3.8, 4) is 0 Å². The second kappa shape index (κ2) is 7.17. The van der Waals surface area contributed by atoms with Gasteiger partial charge in [-0.2, -0.15) is 11.8 Å². The zero-order chi connectivity index (χ0) is 15.3. The molecule has 0 bridgehead atoms. The van der Waals surface area contributed by atoms with Crippen LogP contribution in [-0.2, 0) is 9.53 Å². The smallest absolute Gasteiger partial charge is 0.317 e. The minimum absolute atomic E-state index is 0.0482. The maximum absolute atomic E-state index is 12.2. The van der Waals surface area contributed by atoms with Gasteiger partial charge in [0.05, 0.1) is 19.3 Å². The molecule has 0 aliphatic carbocycles. The van der Waals surface area contributed by atoms with Crippen molar-refractivity contribution in [1.29, 1.82) is 0 Å². The number of thioether (sulfide) groups is 1. The molecule has 1 heterocycles. The van der Waals surface area contributed by atoms with Crippen molar-refractivity contribution >= 4 is 23.8 Å². The van der Waals surface area contributed by atoms with E-state index >= 15 is 0 Å². The molecule has 0 aromatic rings. The number of amides is 2. The lowest BCUT2D eigenvalue weighted by atomic mass is 10.0.